The van der Waals surface area contributed by atoms with Gasteiger partial charge in [-0.05, 0) is 35.9 Å². The van der Waals surface area contributed by atoms with E-state index in [4.69, 9.17) is 21.2 Å². The normalized spacial score (nSPS) is 10.6. The molecule has 0 atom stereocenters. The first kappa shape index (κ1) is 16.5. The highest BCUT2D eigenvalue weighted by Crippen LogP contribution is 2.29. The molecular weight excluding hydrogens is 398 g/mol. The minimum atomic E-state index is -1.09. The highest BCUT2D eigenvalue weighted by molar-refractivity contribution is 9.10. The smallest absolute Gasteiger partial charge is 0.404 e. The van der Waals surface area contributed by atoms with Gasteiger partial charge in [-0.25, -0.2) is 4.79 Å². The zero-order chi connectivity index (χ0) is 17.1. The van der Waals surface area contributed by atoms with Crippen molar-refractivity contribution in [3.05, 3.63) is 57.5 Å². The molecule has 3 aromatic rings. The number of carboxylic acid groups (broad SMARTS) is 1. The Hall–Kier alpha value is -2.38. The predicted octanol–water partition coefficient (Wildman–Crippen LogP) is 4.59. The Morgan fingerprint density at radius 1 is 1.29 bits per heavy atom. The number of amides is 1. The van der Waals surface area contributed by atoms with Gasteiger partial charge in [-0.3, -0.25) is 0 Å². The van der Waals surface area contributed by atoms with Crippen LogP contribution in [0.4, 0.5) is 4.79 Å². The lowest BCUT2D eigenvalue weighted by atomic mass is 10.1. The molecule has 0 aliphatic rings. The lowest BCUT2D eigenvalue weighted by Gasteiger charge is -2.06. The van der Waals surface area contributed by atoms with Gasteiger partial charge in [-0.1, -0.05) is 44.8 Å². The Kier molecular flexibility index (Phi) is 4.82. The van der Waals surface area contributed by atoms with Crippen LogP contribution in [0.25, 0.3) is 22.8 Å². The number of aromatic nitrogens is 2. The van der Waals surface area contributed by atoms with Crippen LogP contribution in [0, 0.1) is 0 Å². The van der Waals surface area contributed by atoms with Crippen molar-refractivity contribution in [2.24, 2.45) is 0 Å². The van der Waals surface area contributed by atoms with E-state index in [2.05, 4.69) is 31.4 Å². The molecule has 0 saturated heterocycles. The van der Waals surface area contributed by atoms with Gasteiger partial charge in [0, 0.05) is 16.6 Å². The summed E-state index contributed by atoms with van der Waals surface area (Å²) < 4.78 is 6.07. The molecule has 0 aliphatic carbocycles. The molecule has 122 valence electrons. The second kappa shape index (κ2) is 7.02. The van der Waals surface area contributed by atoms with Crippen LogP contribution in [0.5, 0.6) is 0 Å². The van der Waals surface area contributed by atoms with Gasteiger partial charge < -0.3 is 14.9 Å². The third-order valence-electron chi connectivity index (χ3n) is 3.26. The van der Waals surface area contributed by atoms with Gasteiger partial charge >= 0.3 is 6.09 Å². The monoisotopic (exact) mass is 407 g/mol. The quantitative estimate of drug-likeness (QED) is 0.659. The summed E-state index contributed by atoms with van der Waals surface area (Å²) in [6, 6.07) is 12.6. The Morgan fingerprint density at radius 2 is 2.08 bits per heavy atom. The SMILES string of the molecule is O=C(O)NCc1cc(-c2noc(-c3ccccc3Cl)n2)ccc1Br. The first-order valence-corrected chi connectivity index (χ1v) is 8.06. The van der Waals surface area contributed by atoms with Crippen LogP contribution in [0.15, 0.2) is 51.5 Å². The average Bonchev–Trinajstić information content (AvgIpc) is 3.04. The van der Waals surface area contributed by atoms with Crippen molar-refractivity contribution in [1.82, 2.24) is 15.5 Å². The maximum absolute atomic E-state index is 10.7. The maximum atomic E-state index is 10.7. The molecule has 8 heteroatoms. The molecule has 0 aliphatic heterocycles. The van der Waals surface area contributed by atoms with E-state index in [0.29, 0.717) is 27.9 Å². The molecule has 3 rings (SSSR count). The van der Waals surface area contributed by atoms with Crippen LogP contribution in [-0.2, 0) is 6.54 Å². The number of nitrogens with zero attached hydrogens (tertiary/aromatic N) is 2. The molecule has 1 amide bonds. The van der Waals surface area contributed by atoms with Crippen molar-refractivity contribution < 1.29 is 14.4 Å². The average molecular weight is 409 g/mol. The summed E-state index contributed by atoms with van der Waals surface area (Å²) in [6.45, 7) is 0.166. The summed E-state index contributed by atoms with van der Waals surface area (Å²) >= 11 is 9.52. The van der Waals surface area contributed by atoms with E-state index < -0.39 is 6.09 Å². The first-order valence-electron chi connectivity index (χ1n) is 6.89. The van der Waals surface area contributed by atoms with Crippen molar-refractivity contribution in [2.75, 3.05) is 0 Å². The summed E-state index contributed by atoms with van der Waals surface area (Å²) in [5.74, 6) is 0.720. The second-order valence-electron chi connectivity index (χ2n) is 4.87. The van der Waals surface area contributed by atoms with E-state index in [1.165, 1.54) is 0 Å². The summed E-state index contributed by atoms with van der Waals surface area (Å²) in [4.78, 5) is 15.0. The van der Waals surface area contributed by atoms with Crippen LogP contribution in [0.3, 0.4) is 0 Å². The molecule has 0 radical (unpaired) electrons. The Morgan fingerprint density at radius 3 is 2.83 bits per heavy atom. The largest absolute Gasteiger partial charge is 0.465 e. The van der Waals surface area contributed by atoms with Gasteiger partial charge in [0.2, 0.25) is 5.82 Å². The van der Waals surface area contributed by atoms with Crippen LogP contribution in [0.2, 0.25) is 5.02 Å². The van der Waals surface area contributed by atoms with E-state index in [0.717, 1.165) is 10.0 Å². The number of halogens is 2. The van der Waals surface area contributed by atoms with Crippen molar-refractivity contribution >= 4 is 33.6 Å². The minimum Gasteiger partial charge on any atom is -0.465 e. The molecular formula is C16H11BrClN3O3. The van der Waals surface area contributed by atoms with Crippen molar-refractivity contribution in [1.29, 1.82) is 0 Å². The fraction of sp³-hybridized carbons (Fsp3) is 0.0625. The van der Waals surface area contributed by atoms with Crippen LogP contribution in [-0.4, -0.2) is 21.3 Å². The fourth-order valence-corrected chi connectivity index (χ4v) is 2.71. The van der Waals surface area contributed by atoms with E-state index in [1.54, 1.807) is 24.3 Å². The molecule has 0 bridgehead atoms. The van der Waals surface area contributed by atoms with Gasteiger partial charge in [-0.15, -0.1) is 0 Å². The molecule has 24 heavy (non-hydrogen) atoms. The molecule has 2 N–H and O–H groups in total. The van der Waals surface area contributed by atoms with Gasteiger partial charge in [0.15, 0.2) is 0 Å². The molecule has 0 saturated carbocycles. The number of rotatable bonds is 4. The molecule has 6 nitrogen and oxygen atoms in total. The lowest BCUT2D eigenvalue weighted by molar-refractivity contribution is 0.194. The van der Waals surface area contributed by atoms with Gasteiger partial charge in [0.1, 0.15) is 0 Å². The van der Waals surface area contributed by atoms with E-state index in [-0.39, 0.29) is 6.54 Å². The molecule has 0 spiro atoms. The third kappa shape index (κ3) is 3.58. The summed E-state index contributed by atoms with van der Waals surface area (Å²) in [7, 11) is 0. The van der Waals surface area contributed by atoms with Crippen LogP contribution < -0.4 is 5.32 Å². The van der Waals surface area contributed by atoms with Crippen LogP contribution in [0.1, 0.15) is 5.56 Å². The maximum Gasteiger partial charge on any atom is 0.404 e. The second-order valence-corrected chi connectivity index (χ2v) is 6.13. The zero-order valence-electron chi connectivity index (χ0n) is 12.2. The lowest BCUT2D eigenvalue weighted by Crippen LogP contribution is -2.20. The summed E-state index contributed by atoms with van der Waals surface area (Å²) in [5, 5.41) is 15.5. The van der Waals surface area contributed by atoms with Gasteiger partial charge in [0.25, 0.3) is 5.89 Å². The molecule has 1 heterocycles. The van der Waals surface area contributed by atoms with E-state index in [1.807, 2.05) is 18.2 Å². The Labute approximate surface area is 150 Å². The summed E-state index contributed by atoms with van der Waals surface area (Å²) in [6.07, 6.45) is -1.09. The molecule has 0 fully saturated rings. The molecule has 1 aromatic heterocycles. The van der Waals surface area contributed by atoms with Gasteiger partial charge in [-0.2, -0.15) is 4.98 Å². The number of nitrogens with one attached hydrogen (secondary N) is 1. The standard InChI is InChI=1S/C16H11BrClN3O3/c17-12-6-5-9(7-10(12)8-19-16(22)23)14-20-15(24-21-14)11-3-1-2-4-13(11)18/h1-7,19H,8H2,(H,22,23). The molecule has 0 unspecified atom stereocenters. The molecule has 2 aromatic carbocycles. The van der Waals surface area contributed by atoms with E-state index >= 15 is 0 Å². The number of benzene rings is 2. The highest BCUT2D eigenvalue weighted by Gasteiger charge is 2.14. The number of hydrogen-bond donors (Lipinski definition) is 2. The topological polar surface area (TPSA) is 88.2 Å². The fourth-order valence-electron chi connectivity index (χ4n) is 2.10. The van der Waals surface area contributed by atoms with Crippen molar-refractivity contribution in [2.45, 2.75) is 6.54 Å². The minimum absolute atomic E-state index is 0.166. The first-order chi connectivity index (χ1) is 11.5. The van der Waals surface area contributed by atoms with Gasteiger partial charge in [0.05, 0.1) is 10.6 Å². The predicted molar refractivity (Wildman–Crippen MR) is 92.7 cm³/mol. The number of hydrogen-bond acceptors (Lipinski definition) is 4. The van der Waals surface area contributed by atoms with Crippen molar-refractivity contribution in [3.63, 3.8) is 0 Å². The Bertz CT molecular complexity index is 898. The highest BCUT2D eigenvalue weighted by atomic mass is 79.9. The number of carbonyl (C=O) groups is 1. The summed E-state index contributed by atoms with van der Waals surface area (Å²) in [5.41, 5.74) is 2.13. The van der Waals surface area contributed by atoms with E-state index in [9.17, 15) is 4.79 Å². The third-order valence-corrected chi connectivity index (χ3v) is 4.37. The van der Waals surface area contributed by atoms with Crippen LogP contribution >= 0.6 is 27.5 Å². The zero-order valence-corrected chi connectivity index (χ0v) is 14.5. The Balaban J connectivity index is 1.91. The van der Waals surface area contributed by atoms with Crippen molar-refractivity contribution in [3.8, 4) is 22.8 Å².